The summed E-state index contributed by atoms with van der Waals surface area (Å²) in [6, 6.07) is 3.68. The number of carbonyl (C=O) groups excluding carboxylic acids is 1. The smallest absolute Gasteiger partial charge is 0.336 e. The van der Waals surface area contributed by atoms with Crippen LogP contribution in [0.4, 0.5) is 0 Å². The van der Waals surface area contributed by atoms with E-state index in [0.29, 0.717) is 5.56 Å². The molecular weight excluding hydrogens is 288 g/mol. The van der Waals surface area contributed by atoms with E-state index in [4.69, 9.17) is 5.73 Å². The van der Waals surface area contributed by atoms with Gasteiger partial charge in [0.05, 0.1) is 7.11 Å². The number of carbonyl (C=O) groups is 1. The molecule has 0 aliphatic heterocycles. The number of hydrogen-bond acceptors (Lipinski definition) is 6. The molecule has 22 heavy (non-hydrogen) atoms. The van der Waals surface area contributed by atoms with Gasteiger partial charge in [-0.3, -0.25) is 9.59 Å². The quantitative estimate of drug-likeness (QED) is 0.724. The molecule has 0 saturated carbocycles. The first-order chi connectivity index (χ1) is 10.4. The summed E-state index contributed by atoms with van der Waals surface area (Å²) in [5, 5.41) is 0. The van der Waals surface area contributed by atoms with Crippen LogP contribution in [0, 0.1) is 0 Å². The highest BCUT2D eigenvalue weighted by molar-refractivity contribution is 5.75. The number of esters is 1. The molecule has 116 valence electrons. The van der Waals surface area contributed by atoms with Gasteiger partial charge in [0.1, 0.15) is 11.9 Å². The fourth-order valence-electron chi connectivity index (χ4n) is 1.94. The van der Waals surface area contributed by atoms with Crippen LogP contribution in [0.2, 0.25) is 0 Å². The Labute approximate surface area is 125 Å². The van der Waals surface area contributed by atoms with Crippen LogP contribution in [-0.4, -0.2) is 33.2 Å². The molecule has 0 aliphatic rings. The summed E-state index contributed by atoms with van der Waals surface area (Å²) in [7, 11) is 2.81. The van der Waals surface area contributed by atoms with E-state index < -0.39 is 23.3 Å². The van der Waals surface area contributed by atoms with Crippen molar-refractivity contribution >= 4 is 5.97 Å². The first-order valence-electron chi connectivity index (χ1n) is 6.51. The molecule has 2 aromatic rings. The second-order valence-electron chi connectivity index (χ2n) is 4.74. The molecule has 0 spiro atoms. The minimum absolute atomic E-state index is 0.210. The predicted molar refractivity (Wildman–Crippen MR) is 78.8 cm³/mol. The average Bonchev–Trinajstić information content (AvgIpc) is 2.52. The Morgan fingerprint density at radius 2 is 2.09 bits per heavy atom. The van der Waals surface area contributed by atoms with Gasteiger partial charge in [-0.2, -0.15) is 0 Å². The zero-order chi connectivity index (χ0) is 16.3. The first-order valence-corrected chi connectivity index (χ1v) is 6.51. The van der Waals surface area contributed by atoms with Crippen molar-refractivity contribution in [1.82, 2.24) is 14.1 Å². The lowest BCUT2D eigenvalue weighted by Crippen LogP contribution is -2.37. The maximum absolute atomic E-state index is 12.0. The fraction of sp³-hybridized carbons (Fsp3) is 0.286. The number of nitrogens with two attached hydrogens (primary N) is 1. The van der Waals surface area contributed by atoms with Crippen molar-refractivity contribution in [2.45, 2.75) is 12.5 Å². The standard InChI is InChI=1S/C14H16N4O4/c1-17-6-5-12(19)18(14(17)21)11-4-3-9(8-16-11)7-10(15)13(20)22-2/h3-6,8,10H,7,15H2,1-2H3. The van der Waals surface area contributed by atoms with Crippen LogP contribution in [0.15, 0.2) is 40.2 Å². The molecule has 0 fully saturated rings. The van der Waals surface area contributed by atoms with E-state index in [2.05, 4.69) is 9.72 Å². The minimum Gasteiger partial charge on any atom is -0.468 e. The summed E-state index contributed by atoms with van der Waals surface area (Å²) in [5.41, 5.74) is 5.41. The topological polar surface area (TPSA) is 109 Å². The molecule has 0 aromatic carbocycles. The minimum atomic E-state index is -0.787. The highest BCUT2D eigenvalue weighted by atomic mass is 16.5. The van der Waals surface area contributed by atoms with Gasteiger partial charge in [-0.25, -0.2) is 14.3 Å². The monoisotopic (exact) mass is 304 g/mol. The molecular formula is C14H16N4O4. The molecule has 8 nitrogen and oxygen atoms in total. The molecule has 1 unspecified atom stereocenters. The highest BCUT2D eigenvalue weighted by Crippen LogP contribution is 2.05. The van der Waals surface area contributed by atoms with E-state index in [0.717, 1.165) is 4.57 Å². The zero-order valence-corrected chi connectivity index (χ0v) is 12.2. The summed E-state index contributed by atoms with van der Waals surface area (Å²) in [6.45, 7) is 0. The molecule has 0 amide bonds. The van der Waals surface area contributed by atoms with E-state index in [1.807, 2.05) is 0 Å². The molecule has 0 aliphatic carbocycles. The van der Waals surface area contributed by atoms with Crippen molar-refractivity contribution in [2.24, 2.45) is 12.8 Å². The fourth-order valence-corrected chi connectivity index (χ4v) is 1.94. The van der Waals surface area contributed by atoms with Crippen LogP contribution in [0.25, 0.3) is 5.82 Å². The lowest BCUT2D eigenvalue weighted by Gasteiger charge is -2.10. The Morgan fingerprint density at radius 3 is 2.68 bits per heavy atom. The van der Waals surface area contributed by atoms with Crippen LogP contribution < -0.4 is 17.0 Å². The first kappa shape index (κ1) is 15.6. The van der Waals surface area contributed by atoms with Crippen molar-refractivity contribution in [3.8, 4) is 5.82 Å². The van der Waals surface area contributed by atoms with Gasteiger partial charge in [-0.1, -0.05) is 6.07 Å². The Bertz CT molecular complexity index is 792. The third-order valence-electron chi connectivity index (χ3n) is 3.15. The Hall–Kier alpha value is -2.74. The van der Waals surface area contributed by atoms with E-state index in [-0.39, 0.29) is 12.2 Å². The van der Waals surface area contributed by atoms with E-state index >= 15 is 0 Å². The molecule has 2 heterocycles. The molecule has 2 N–H and O–H groups in total. The number of aryl methyl sites for hydroxylation is 1. The van der Waals surface area contributed by atoms with Crippen molar-refractivity contribution in [1.29, 1.82) is 0 Å². The number of aromatic nitrogens is 3. The summed E-state index contributed by atoms with van der Waals surface area (Å²) in [4.78, 5) is 39.2. The van der Waals surface area contributed by atoms with Gasteiger partial charge in [-0.05, 0) is 18.1 Å². The molecule has 2 aromatic heterocycles. The van der Waals surface area contributed by atoms with Crippen molar-refractivity contribution < 1.29 is 9.53 Å². The summed E-state index contributed by atoms with van der Waals surface area (Å²) in [5.74, 6) is -0.307. The number of rotatable bonds is 4. The zero-order valence-electron chi connectivity index (χ0n) is 12.2. The molecule has 0 radical (unpaired) electrons. The maximum atomic E-state index is 12.0. The third-order valence-corrected chi connectivity index (χ3v) is 3.15. The van der Waals surface area contributed by atoms with Gasteiger partial charge >= 0.3 is 11.7 Å². The summed E-state index contributed by atoms with van der Waals surface area (Å²) >= 11 is 0. The number of hydrogen-bond donors (Lipinski definition) is 1. The van der Waals surface area contributed by atoms with E-state index in [9.17, 15) is 14.4 Å². The van der Waals surface area contributed by atoms with Gasteiger partial charge in [-0.15, -0.1) is 0 Å². The van der Waals surface area contributed by atoms with E-state index in [1.54, 1.807) is 13.1 Å². The number of pyridine rings is 1. The van der Waals surface area contributed by atoms with Crippen molar-refractivity contribution in [3.63, 3.8) is 0 Å². The van der Waals surface area contributed by atoms with E-state index in [1.165, 1.54) is 36.2 Å². The van der Waals surface area contributed by atoms with Gasteiger partial charge in [0.15, 0.2) is 0 Å². The van der Waals surface area contributed by atoms with Crippen molar-refractivity contribution in [2.75, 3.05) is 7.11 Å². The van der Waals surface area contributed by atoms with Crippen LogP contribution in [0.5, 0.6) is 0 Å². The lowest BCUT2D eigenvalue weighted by atomic mass is 10.1. The van der Waals surface area contributed by atoms with Gasteiger partial charge in [0, 0.05) is 25.5 Å². The van der Waals surface area contributed by atoms with Gasteiger partial charge < -0.3 is 15.0 Å². The Balaban J connectivity index is 2.31. The van der Waals surface area contributed by atoms with Crippen molar-refractivity contribution in [3.05, 3.63) is 57.0 Å². The highest BCUT2D eigenvalue weighted by Gasteiger charge is 2.15. The average molecular weight is 304 g/mol. The maximum Gasteiger partial charge on any atom is 0.336 e. The summed E-state index contributed by atoms with van der Waals surface area (Å²) in [6.07, 6.45) is 3.11. The predicted octanol–water partition coefficient (Wildman–Crippen LogP) is -1.03. The van der Waals surface area contributed by atoms with Gasteiger partial charge in [0.25, 0.3) is 5.56 Å². The normalized spacial score (nSPS) is 12.0. The second-order valence-corrected chi connectivity index (χ2v) is 4.74. The van der Waals surface area contributed by atoms with Crippen LogP contribution >= 0.6 is 0 Å². The SMILES string of the molecule is COC(=O)C(N)Cc1ccc(-n2c(=O)ccn(C)c2=O)nc1. The number of nitrogens with zero attached hydrogens (tertiary/aromatic N) is 3. The number of ether oxygens (including phenoxy) is 1. The second kappa shape index (κ2) is 6.35. The Morgan fingerprint density at radius 1 is 1.36 bits per heavy atom. The number of methoxy groups -OCH3 is 1. The molecule has 1 atom stereocenters. The van der Waals surface area contributed by atoms with Crippen LogP contribution in [0.1, 0.15) is 5.56 Å². The lowest BCUT2D eigenvalue weighted by molar-refractivity contribution is -0.142. The molecule has 2 rings (SSSR count). The third kappa shape index (κ3) is 3.12. The van der Waals surface area contributed by atoms with Crippen LogP contribution in [0.3, 0.4) is 0 Å². The Kier molecular flexibility index (Phi) is 4.52. The van der Waals surface area contributed by atoms with Gasteiger partial charge in [0.2, 0.25) is 0 Å². The largest absolute Gasteiger partial charge is 0.468 e. The summed E-state index contributed by atoms with van der Waals surface area (Å²) < 4.78 is 6.79. The molecule has 0 bridgehead atoms. The van der Waals surface area contributed by atoms with Crippen LogP contribution in [-0.2, 0) is 23.0 Å². The molecule has 0 saturated heterocycles. The molecule has 8 heteroatoms.